The summed E-state index contributed by atoms with van der Waals surface area (Å²) in [5, 5.41) is 3.18. The average Bonchev–Trinajstić information content (AvgIpc) is 2.48. The van der Waals surface area contributed by atoms with Crippen LogP contribution in [0.4, 0.5) is 5.82 Å². The van der Waals surface area contributed by atoms with E-state index in [4.69, 9.17) is 19.4 Å². The van der Waals surface area contributed by atoms with Gasteiger partial charge in [-0.15, -0.1) is 0 Å². The third-order valence-electron chi connectivity index (χ3n) is 3.79. The number of rotatable bonds is 5. The predicted octanol–water partition coefficient (Wildman–Crippen LogP) is 3.29. The molecule has 1 aliphatic heterocycles. The van der Waals surface area contributed by atoms with Crippen molar-refractivity contribution in [3.05, 3.63) is 15.1 Å². The Kier molecular flexibility index (Phi) is 5.79. The van der Waals surface area contributed by atoms with Crippen molar-refractivity contribution in [1.29, 1.82) is 0 Å². The van der Waals surface area contributed by atoms with E-state index in [9.17, 15) is 0 Å². The van der Waals surface area contributed by atoms with Gasteiger partial charge in [-0.25, -0.2) is 9.97 Å². The Morgan fingerprint density at radius 2 is 2.00 bits per heavy atom. The number of hydrogen-bond acceptors (Lipinski definition) is 5. The van der Waals surface area contributed by atoms with Gasteiger partial charge in [0, 0.05) is 39.7 Å². The van der Waals surface area contributed by atoms with Gasteiger partial charge in [0.05, 0.1) is 9.26 Å². The number of halogens is 1. The highest BCUT2D eigenvalue weighted by molar-refractivity contribution is 14.1. The van der Waals surface area contributed by atoms with Gasteiger partial charge in [0.15, 0.2) is 5.82 Å². The molecular formula is C15H24IN3O2. The molecule has 0 unspecified atom stereocenters. The van der Waals surface area contributed by atoms with Gasteiger partial charge < -0.3 is 14.8 Å². The van der Waals surface area contributed by atoms with E-state index in [-0.39, 0.29) is 0 Å². The van der Waals surface area contributed by atoms with Crippen molar-refractivity contribution >= 4 is 28.4 Å². The lowest BCUT2D eigenvalue weighted by atomic mass is 9.92. The van der Waals surface area contributed by atoms with Crippen molar-refractivity contribution in [3.8, 4) is 0 Å². The minimum atomic E-state index is -0.410. The number of aromatic nitrogens is 2. The Morgan fingerprint density at radius 3 is 2.52 bits per heavy atom. The van der Waals surface area contributed by atoms with E-state index < -0.39 is 5.60 Å². The highest BCUT2D eigenvalue weighted by Crippen LogP contribution is 2.36. The Bertz CT molecular complexity index is 483. The zero-order valence-electron chi connectivity index (χ0n) is 13.2. The molecule has 0 amide bonds. The first-order chi connectivity index (χ1) is 10.0. The highest BCUT2D eigenvalue weighted by Gasteiger charge is 2.39. The molecule has 118 valence electrons. The van der Waals surface area contributed by atoms with E-state index in [0.29, 0.717) is 25.7 Å². The minimum absolute atomic E-state index is 0.351. The van der Waals surface area contributed by atoms with Gasteiger partial charge in [0.1, 0.15) is 11.4 Å². The van der Waals surface area contributed by atoms with Crippen LogP contribution in [0.25, 0.3) is 0 Å². The van der Waals surface area contributed by atoms with Crippen LogP contribution in [0, 0.1) is 3.57 Å². The second-order valence-corrected chi connectivity index (χ2v) is 6.62. The zero-order chi connectivity index (χ0) is 15.5. The first-order valence-electron chi connectivity index (χ1n) is 7.51. The molecule has 6 heteroatoms. The molecule has 0 aromatic carbocycles. The number of hydrogen-bond donors (Lipinski definition) is 1. The fourth-order valence-electron chi connectivity index (χ4n) is 2.63. The average molecular weight is 405 g/mol. The third-order valence-corrected chi connectivity index (χ3v) is 4.85. The largest absolute Gasteiger partial charge is 0.381 e. The van der Waals surface area contributed by atoms with Gasteiger partial charge >= 0.3 is 0 Å². The predicted molar refractivity (Wildman–Crippen MR) is 91.7 cm³/mol. The van der Waals surface area contributed by atoms with Crippen molar-refractivity contribution in [1.82, 2.24) is 9.97 Å². The smallest absolute Gasteiger partial charge is 0.163 e. The number of anilines is 1. The lowest BCUT2D eigenvalue weighted by molar-refractivity contribution is -0.117. The van der Waals surface area contributed by atoms with Gasteiger partial charge in [0.2, 0.25) is 0 Å². The molecule has 1 saturated heterocycles. The van der Waals surface area contributed by atoms with E-state index in [0.717, 1.165) is 33.7 Å². The minimum Gasteiger partial charge on any atom is -0.381 e. The van der Waals surface area contributed by atoms with Crippen molar-refractivity contribution in [2.75, 3.05) is 32.2 Å². The Labute approximate surface area is 140 Å². The van der Waals surface area contributed by atoms with Gasteiger partial charge in [-0.1, -0.05) is 13.8 Å². The number of nitrogens with one attached hydrogen (secondary N) is 1. The van der Waals surface area contributed by atoms with E-state index in [2.05, 4.69) is 41.8 Å². The molecule has 0 bridgehead atoms. The Morgan fingerprint density at radius 1 is 1.33 bits per heavy atom. The molecule has 1 aromatic heterocycles. The van der Waals surface area contributed by atoms with Crippen molar-refractivity contribution in [3.63, 3.8) is 0 Å². The van der Waals surface area contributed by atoms with Crippen LogP contribution >= 0.6 is 22.6 Å². The molecule has 21 heavy (non-hydrogen) atoms. The second-order valence-electron chi connectivity index (χ2n) is 5.54. The summed E-state index contributed by atoms with van der Waals surface area (Å²) in [5.41, 5.74) is 0.669. The Hall–Kier alpha value is -0.470. The van der Waals surface area contributed by atoms with Gasteiger partial charge in [-0.05, 0) is 35.4 Å². The molecular weight excluding hydrogens is 381 g/mol. The summed E-state index contributed by atoms with van der Waals surface area (Å²) in [5.74, 6) is 2.03. The van der Waals surface area contributed by atoms with Crippen LogP contribution < -0.4 is 5.32 Å². The highest BCUT2D eigenvalue weighted by atomic mass is 127. The molecule has 1 aliphatic rings. The van der Waals surface area contributed by atoms with Crippen LogP contribution in [0.1, 0.15) is 51.0 Å². The van der Waals surface area contributed by atoms with Gasteiger partial charge in [-0.2, -0.15) is 0 Å². The van der Waals surface area contributed by atoms with Gasteiger partial charge in [0.25, 0.3) is 0 Å². The lowest BCUT2D eigenvalue weighted by Gasteiger charge is -2.36. The molecule has 0 atom stereocenters. The van der Waals surface area contributed by atoms with Crippen LogP contribution in [0.5, 0.6) is 0 Å². The summed E-state index contributed by atoms with van der Waals surface area (Å²) < 4.78 is 12.7. The molecule has 1 N–H and O–H groups in total. The van der Waals surface area contributed by atoms with E-state index in [1.54, 1.807) is 0 Å². The summed E-state index contributed by atoms with van der Waals surface area (Å²) in [4.78, 5) is 9.59. The van der Waals surface area contributed by atoms with Crippen molar-refractivity contribution < 1.29 is 9.47 Å². The summed E-state index contributed by atoms with van der Waals surface area (Å²) in [7, 11) is 1.90. The summed E-state index contributed by atoms with van der Waals surface area (Å²) in [6.07, 6.45) is 1.62. The van der Waals surface area contributed by atoms with Gasteiger partial charge in [-0.3, -0.25) is 0 Å². The summed E-state index contributed by atoms with van der Waals surface area (Å²) >= 11 is 2.32. The number of nitrogens with zero attached hydrogens (tertiary/aromatic N) is 2. The molecule has 0 radical (unpaired) electrons. The monoisotopic (exact) mass is 405 g/mol. The topological polar surface area (TPSA) is 56.3 Å². The number of ether oxygens (including phenoxy) is 2. The molecule has 0 spiro atoms. The lowest BCUT2D eigenvalue weighted by Crippen LogP contribution is -2.39. The first-order valence-corrected chi connectivity index (χ1v) is 8.59. The third kappa shape index (κ3) is 3.48. The van der Waals surface area contributed by atoms with E-state index in [1.165, 1.54) is 0 Å². The Balaban J connectivity index is 2.51. The van der Waals surface area contributed by atoms with Crippen LogP contribution in [0.2, 0.25) is 0 Å². The molecule has 5 nitrogen and oxygen atoms in total. The molecule has 2 heterocycles. The zero-order valence-corrected chi connectivity index (χ0v) is 15.4. The standard InChI is InChI=1S/C15H24IN3O2/c1-5-21-15(6-8-20-9-7-15)14-18-12(10(2)3)11(16)13(17-4)19-14/h10H,5-9H2,1-4H3,(H,17,18,19). The molecule has 1 fully saturated rings. The first kappa shape index (κ1) is 16.9. The fourth-order valence-corrected chi connectivity index (χ4v) is 3.76. The molecule has 2 rings (SSSR count). The maximum absolute atomic E-state index is 6.10. The summed E-state index contributed by atoms with van der Waals surface area (Å²) in [6.45, 7) is 8.38. The summed E-state index contributed by atoms with van der Waals surface area (Å²) in [6, 6.07) is 0. The molecule has 0 saturated carbocycles. The second kappa shape index (κ2) is 7.19. The van der Waals surface area contributed by atoms with E-state index in [1.807, 2.05) is 14.0 Å². The SMILES string of the molecule is CCOC1(c2nc(NC)c(I)c(C(C)C)n2)CCOCC1. The molecule has 1 aromatic rings. The van der Waals surface area contributed by atoms with E-state index >= 15 is 0 Å². The van der Waals surface area contributed by atoms with Crippen molar-refractivity contribution in [2.45, 2.75) is 45.1 Å². The molecule has 0 aliphatic carbocycles. The quantitative estimate of drug-likeness (QED) is 0.763. The van der Waals surface area contributed by atoms with Crippen LogP contribution in [-0.4, -0.2) is 36.8 Å². The van der Waals surface area contributed by atoms with Crippen LogP contribution in [0.3, 0.4) is 0 Å². The van der Waals surface area contributed by atoms with Crippen LogP contribution in [-0.2, 0) is 15.1 Å². The van der Waals surface area contributed by atoms with Crippen molar-refractivity contribution in [2.24, 2.45) is 0 Å². The maximum atomic E-state index is 6.10. The fraction of sp³-hybridized carbons (Fsp3) is 0.733. The van der Waals surface area contributed by atoms with Crippen LogP contribution in [0.15, 0.2) is 0 Å². The maximum Gasteiger partial charge on any atom is 0.163 e. The normalized spacial score (nSPS) is 18.0.